The lowest BCUT2D eigenvalue weighted by Crippen LogP contribution is -2.55. The minimum absolute atomic E-state index is 0.108. The highest BCUT2D eigenvalue weighted by Crippen LogP contribution is 2.66. The van der Waals surface area contributed by atoms with E-state index in [9.17, 15) is 24.5 Å². The van der Waals surface area contributed by atoms with Gasteiger partial charge in [0.25, 0.3) is 5.69 Å². The van der Waals surface area contributed by atoms with Gasteiger partial charge in [-0.1, -0.05) is 42.5 Å². The van der Waals surface area contributed by atoms with Crippen LogP contribution in [0.3, 0.4) is 0 Å². The van der Waals surface area contributed by atoms with Crippen molar-refractivity contribution in [3.8, 4) is 0 Å². The topological polar surface area (TPSA) is 122 Å². The van der Waals surface area contributed by atoms with Crippen LogP contribution in [0, 0.1) is 29.9 Å². The van der Waals surface area contributed by atoms with Crippen LogP contribution < -0.4 is 10.6 Å². The molecule has 3 aromatic rings. The van der Waals surface area contributed by atoms with Crippen molar-refractivity contribution in [3.05, 3.63) is 98.6 Å². The van der Waals surface area contributed by atoms with Crippen LogP contribution >= 0.6 is 0 Å². The summed E-state index contributed by atoms with van der Waals surface area (Å²) in [5, 5.41) is 17.7. The Morgan fingerprint density at radius 3 is 2.59 bits per heavy atom. The van der Waals surface area contributed by atoms with E-state index in [1.807, 2.05) is 50.2 Å². The van der Waals surface area contributed by atoms with E-state index < -0.39 is 33.6 Å². The number of aryl methyl sites for hydroxylation is 1. The first-order chi connectivity index (χ1) is 18.7. The Balaban J connectivity index is 1.58. The smallest absolute Gasteiger partial charge is 0.270 e. The zero-order valence-electron chi connectivity index (χ0n) is 21.5. The summed E-state index contributed by atoms with van der Waals surface area (Å²) in [5.74, 6) is -2.26. The number of Topliss-reactive ketones (excluding diaryl/α,β-unsaturated/α-hetero) is 1. The van der Waals surface area contributed by atoms with Crippen molar-refractivity contribution in [3.63, 3.8) is 0 Å². The Labute approximate surface area is 224 Å². The molecule has 4 aliphatic rings. The molecule has 0 unspecified atom stereocenters. The van der Waals surface area contributed by atoms with Gasteiger partial charge in [0.05, 0.1) is 10.8 Å². The van der Waals surface area contributed by atoms with Gasteiger partial charge in [0, 0.05) is 40.7 Å². The molecule has 2 saturated heterocycles. The Kier molecular flexibility index (Phi) is 4.76. The molecule has 2 fully saturated rings. The average Bonchev–Trinajstić information content (AvgIpc) is 3.65. The van der Waals surface area contributed by atoms with Crippen LogP contribution in [0.25, 0.3) is 0 Å². The number of amides is 2. The number of rotatable bonds is 3. The van der Waals surface area contributed by atoms with E-state index in [0.717, 1.165) is 17.5 Å². The zero-order chi connectivity index (χ0) is 27.3. The van der Waals surface area contributed by atoms with Crippen LogP contribution in [-0.4, -0.2) is 40.0 Å². The highest BCUT2D eigenvalue weighted by Gasteiger charge is 2.78. The van der Waals surface area contributed by atoms with Crippen LogP contribution in [0.4, 0.5) is 17.1 Å². The molecular weight excluding hydrogens is 496 g/mol. The molecule has 0 saturated carbocycles. The van der Waals surface area contributed by atoms with Crippen molar-refractivity contribution in [1.29, 1.82) is 0 Å². The number of nitro benzene ring substituents is 1. The van der Waals surface area contributed by atoms with Gasteiger partial charge in [0.2, 0.25) is 11.8 Å². The first kappa shape index (κ1) is 23.7. The summed E-state index contributed by atoms with van der Waals surface area (Å²) in [5.41, 5.74) is 1.66. The van der Waals surface area contributed by atoms with Gasteiger partial charge in [-0.15, -0.1) is 0 Å². The maximum atomic E-state index is 14.8. The molecule has 2 N–H and O–H groups in total. The van der Waals surface area contributed by atoms with E-state index in [1.165, 1.54) is 24.3 Å². The summed E-state index contributed by atoms with van der Waals surface area (Å²) in [4.78, 5) is 56.6. The lowest BCUT2D eigenvalue weighted by atomic mass is 9.60. The molecule has 3 aromatic carbocycles. The first-order valence-corrected chi connectivity index (χ1v) is 13.1. The van der Waals surface area contributed by atoms with Gasteiger partial charge >= 0.3 is 0 Å². The molecule has 0 bridgehead atoms. The van der Waals surface area contributed by atoms with E-state index in [-0.39, 0.29) is 23.1 Å². The monoisotopic (exact) mass is 522 g/mol. The molecule has 0 aromatic heterocycles. The average molecular weight is 523 g/mol. The molecule has 39 heavy (non-hydrogen) atoms. The van der Waals surface area contributed by atoms with Gasteiger partial charge in [0.15, 0.2) is 5.78 Å². The lowest BCUT2D eigenvalue weighted by molar-refractivity contribution is -0.384. The Morgan fingerprint density at radius 1 is 1.00 bits per heavy atom. The number of nitrogens with one attached hydrogen (secondary N) is 2. The number of nitrogens with zero attached hydrogens (tertiary/aromatic N) is 2. The maximum absolute atomic E-state index is 14.8. The number of fused-ring (bicyclic) bond motifs is 7. The number of carbonyl (C=O) groups is 3. The number of non-ortho nitro benzene ring substituents is 1. The molecule has 4 heterocycles. The number of hydrogen-bond acceptors (Lipinski definition) is 6. The summed E-state index contributed by atoms with van der Waals surface area (Å²) in [6.07, 6.45) is 1.41. The van der Waals surface area contributed by atoms with E-state index in [4.69, 9.17) is 0 Å². The van der Waals surface area contributed by atoms with E-state index in [1.54, 1.807) is 0 Å². The molecule has 2 spiro atoms. The third-order valence-corrected chi connectivity index (χ3v) is 9.44. The largest absolute Gasteiger partial charge is 0.325 e. The third-order valence-electron chi connectivity index (χ3n) is 9.44. The summed E-state index contributed by atoms with van der Waals surface area (Å²) < 4.78 is 0. The minimum atomic E-state index is -1.45. The second-order valence-electron chi connectivity index (χ2n) is 11.0. The van der Waals surface area contributed by atoms with Crippen molar-refractivity contribution >= 4 is 34.7 Å². The number of ketones is 1. The number of benzene rings is 3. The first-order valence-electron chi connectivity index (χ1n) is 13.1. The molecule has 9 nitrogen and oxygen atoms in total. The third kappa shape index (κ3) is 2.70. The number of para-hydroxylation sites is 1. The molecule has 4 aliphatic heterocycles. The second kappa shape index (κ2) is 7.83. The highest BCUT2D eigenvalue weighted by atomic mass is 16.6. The molecule has 4 atom stereocenters. The van der Waals surface area contributed by atoms with Gasteiger partial charge in [0.1, 0.15) is 11.0 Å². The van der Waals surface area contributed by atoms with E-state index in [0.29, 0.717) is 35.5 Å². The Bertz CT molecular complexity index is 1650. The van der Waals surface area contributed by atoms with Crippen molar-refractivity contribution in [2.45, 2.75) is 43.7 Å². The molecule has 2 amide bonds. The fourth-order valence-corrected chi connectivity index (χ4v) is 7.80. The van der Waals surface area contributed by atoms with E-state index in [2.05, 4.69) is 15.5 Å². The van der Waals surface area contributed by atoms with Crippen LogP contribution in [-0.2, 0) is 20.5 Å². The second-order valence-corrected chi connectivity index (χ2v) is 11.0. The van der Waals surface area contributed by atoms with Crippen LogP contribution in [0.15, 0.2) is 60.7 Å². The van der Waals surface area contributed by atoms with Crippen molar-refractivity contribution in [1.82, 2.24) is 4.90 Å². The van der Waals surface area contributed by atoms with Crippen LogP contribution in [0.2, 0.25) is 0 Å². The van der Waals surface area contributed by atoms with Crippen molar-refractivity contribution in [2.75, 3.05) is 17.2 Å². The van der Waals surface area contributed by atoms with E-state index >= 15 is 0 Å². The summed E-state index contributed by atoms with van der Waals surface area (Å²) in [7, 11) is 0. The van der Waals surface area contributed by atoms with Crippen molar-refractivity contribution < 1.29 is 19.3 Å². The maximum Gasteiger partial charge on any atom is 0.270 e. The quantitative estimate of drug-likeness (QED) is 0.302. The fourth-order valence-electron chi connectivity index (χ4n) is 7.80. The lowest BCUT2D eigenvalue weighted by Gasteiger charge is -2.38. The molecule has 0 radical (unpaired) electrons. The Hall–Kier alpha value is -4.37. The number of carbonyl (C=O) groups excluding carboxylic acids is 3. The van der Waals surface area contributed by atoms with Gasteiger partial charge < -0.3 is 10.6 Å². The minimum Gasteiger partial charge on any atom is -0.325 e. The molecule has 0 aliphatic carbocycles. The standard InChI is InChI=1S/C30H26N4O5/c1-16-12-13-21-24(17(16)2)32-28(37)30(21)26(25(35)18-7-5-8-19(15-18)34(38)39)29(23-11-6-14-33(23)30)20-9-3-4-10-22(20)31-27(29)36/h3-5,7-10,12-13,15,23,26H,6,11,14H2,1-2H3,(H,31,36)(H,32,37)/t23-,26-,29+,30+/m1/s1. The zero-order valence-corrected chi connectivity index (χ0v) is 21.5. The highest BCUT2D eigenvalue weighted by molar-refractivity contribution is 6.19. The normalized spacial score (nSPS) is 28.4. The van der Waals surface area contributed by atoms with Crippen LogP contribution in [0.1, 0.15) is 45.5 Å². The molecule has 7 rings (SSSR count). The summed E-state index contributed by atoms with van der Waals surface area (Å²) in [6, 6.07) is 16.4. The van der Waals surface area contributed by atoms with Gasteiger partial charge in [-0.3, -0.25) is 29.4 Å². The predicted molar refractivity (Wildman–Crippen MR) is 144 cm³/mol. The molecule has 196 valence electrons. The number of nitro groups is 1. The molecular formula is C30H26N4O5. The van der Waals surface area contributed by atoms with Gasteiger partial charge in [-0.05, 0) is 56.0 Å². The predicted octanol–water partition coefficient (Wildman–Crippen LogP) is 4.23. The summed E-state index contributed by atoms with van der Waals surface area (Å²) >= 11 is 0. The Morgan fingerprint density at radius 2 is 1.79 bits per heavy atom. The van der Waals surface area contributed by atoms with Crippen LogP contribution in [0.5, 0.6) is 0 Å². The SMILES string of the molecule is Cc1ccc2c(c1C)NC(=O)[C@@]21[C@H](C(=O)c2cccc([N+](=O)[O-])c2)[C@@]2(C(=O)Nc3ccccc32)[C@H]2CCCN21. The number of hydrogen-bond donors (Lipinski definition) is 2. The number of anilines is 2. The molecule has 9 heteroatoms. The van der Waals surface area contributed by atoms with Gasteiger partial charge in [-0.2, -0.15) is 0 Å². The summed E-state index contributed by atoms with van der Waals surface area (Å²) in [6.45, 7) is 4.45. The fraction of sp³-hybridized carbons (Fsp3) is 0.300. The van der Waals surface area contributed by atoms with Crippen molar-refractivity contribution in [2.24, 2.45) is 5.92 Å². The van der Waals surface area contributed by atoms with Gasteiger partial charge in [-0.25, -0.2) is 0 Å².